The van der Waals surface area contributed by atoms with Crippen molar-refractivity contribution in [3.05, 3.63) is 59.2 Å². The molecule has 5 heteroatoms. The molecule has 2 aromatic carbocycles. The fraction of sp³-hybridized carbons (Fsp3) is 0.429. The summed E-state index contributed by atoms with van der Waals surface area (Å²) in [5.74, 6) is -1.94. The first-order valence-electron chi connectivity index (χ1n) is 8.96. The first-order valence-corrected chi connectivity index (χ1v) is 8.96. The van der Waals surface area contributed by atoms with Crippen molar-refractivity contribution < 1.29 is 22.0 Å². The van der Waals surface area contributed by atoms with Gasteiger partial charge in [0.1, 0.15) is 17.2 Å². The normalized spacial score (nSPS) is 20.5. The van der Waals surface area contributed by atoms with E-state index in [9.17, 15) is 22.0 Å². The van der Waals surface area contributed by atoms with Gasteiger partial charge in [0.25, 0.3) is 0 Å². The lowest BCUT2D eigenvalue weighted by atomic mass is 9.93. The number of hydrogen-bond donors (Lipinski definition) is 0. The number of hydrogen-bond acceptors (Lipinski definition) is 0. The zero-order valence-corrected chi connectivity index (χ0v) is 14.5. The van der Waals surface area contributed by atoms with Crippen molar-refractivity contribution in [1.29, 1.82) is 0 Å². The molecule has 0 amide bonds. The van der Waals surface area contributed by atoms with E-state index in [2.05, 4.69) is 6.92 Å². The van der Waals surface area contributed by atoms with Gasteiger partial charge in [-0.25, -0.2) is 8.78 Å². The van der Waals surface area contributed by atoms with Gasteiger partial charge in [-0.3, -0.25) is 0 Å². The van der Waals surface area contributed by atoms with Crippen molar-refractivity contribution in [2.75, 3.05) is 0 Å². The van der Waals surface area contributed by atoms with E-state index >= 15 is 0 Å². The molecule has 0 bridgehead atoms. The Labute approximate surface area is 150 Å². The van der Waals surface area contributed by atoms with Gasteiger partial charge < -0.3 is 0 Å². The van der Waals surface area contributed by atoms with Crippen LogP contribution in [0.4, 0.5) is 22.0 Å². The van der Waals surface area contributed by atoms with Crippen LogP contribution in [0.15, 0.2) is 36.4 Å². The molecule has 1 aliphatic carbocycles. The Hall–Kier alpha value is -1.91. The van der Waals surface area contributed by atoms with Crippen LogP contribution in [-0.4, -0.2) is 0 Å². The summed E-state index contributed by atoms with van der Waals surface area (Å²) in [7, 11) is 0. The number of rotatable bonds is 4. The zero-order chi connectivity index (χ0) is 18.9. The molecule has 140 valence electrons. The Morgan fingerprint density at radius 3 is 2.08 bits per heavy atom. The second kappa shape index (κ2) is 7.37. The van der Waals surface area contributed by atoms with E-state index in [4.69, 9.17) is 0 Å². The minimum absolute atomic E-state index is 0.106. The Kier molecular flexibility index (Phi) is 5.35. The van der Waals surface area contributed by atoms with Gasteiger partial charge in [0.15, 0.2) is 0 Å². The smallest absolute Gasteiger partial charge is 0.206 e. The highest BCUT2D eigenvalue weighted by atomic mass is 19.4. The molecular formula is C21H21F5. The molecule has 1 fully saturated rings. The molecule has 0 N–H and O–H groups in total. The molecule has 0 saturated heterocycles. The molecule has 0 aromatic heterocycles. The van der Waals surface area contributed by atoms with Crippen molar-refractivity contribution in [2.24, 2.45) is 5.92 Å². The minimum atomic E-state index is -5.05. The minimum Gasteiger partial charge on any atom is -0.206 e. The fourth-order valence-electron chi connectivity index (χ4n) is 4.01. The average Bonchev–Trinajstić information content (AvgIpc) is 3.02. The molecule has 0 spiro atoms. The fourth-order valence-corrected chi connectivity index (χ4v) is 4.01. The lowest BCUT2D eigenvalue weighted by Gasteiger charge is -2.13. The van der Waals surface area contributed by atoms with Crippen LogP contribution in [0.2, 0.25) is 0 Å². The lowest BCUT2D eigenvalue weighted by molar-refractivity contribution is -0.142. The van der Waals surface area contributed by atoms with Gasteiger partial charge in [0.2, 0.25) is 0 Å². The van der Waals surface area contributed by atoms with Crippen molar-refractivity contribution in [3.63, 3.8) is 0 Å². The lowest BCUT2D eigenvalue weighted by Crippen LogP contribution is -2.11. The summed E-state index contributed by atoms with van der Waals surface area (Å²) < 4.78 is 65.6. The summed E-state index contributed by atoms with van der Waals surface area (Å²) in [4.78, 5) is 0. The van der Waals surface area contributed by atoms with Crippen LogP contribution < -0.4 is 0 Å². The molecule has 1 saturated carbocycles. The van der Waals surface area contributed by atoms with Crippen LogP contribution in [-0.2, 0) is 6.18 Å². The summed E-state index contributed by atoms with van der Waals surface area (Å²) >= 11 is 0. The SMILES string of the molecule is CCCC1CCC(c2ccc(-c3cc(F)c(C(F)(F)F)c(F)c3)cc2)C1. The van der Waals surface area contributed by atoms with E-state index < -0.39 is 23.4 Å². The third-order valence-electron chi connectivity index (χ3n) is 5.28. The second-order valence-corrected chi connectivity index (χ2v) is 7.10. The molecule has 0 aliphatic heterocycles. The van der Waals surface area contributed by atoms with Gasteiger partial charge in [0.05, 0.1) is 0 Å². The predicted octanol–water partition coefficient (Wildman–Crippen LogP) is 7.33. The van der Waals surface area contributed by atoms with Crippen molar-refractivity contribution in [3.8, 4) is 11.1 Å². The highest BCUT2D eigenvalue weighted by Crippen LogP contribution is 2.41. The van der Waals surface area contributed by atoms with Gasteiger partial charge in [-0.2, -0.15) is 13.2 Å². The Balaban J connectivity index is 1.81. The molecule has 2 aromatic rings. The van der Waals surface area contributed by atoms with Crippen LogP contribution in [0.5, 0.6) is 0 Å². The highest BCUT2D eigenvalue weighted by Gasteiger charge is 2.38. The molecule has 0 radical (unpaired) electrons. The first-order chi connectivity index (χ1) is 12.3. The number of halogens is 5. The van der Waals surface area contributed by atoms with Crippen molar-refractivity contribution >= 4 is 0 Å². The van der Waals surface area contributed by atoms with Crippen LogP contribution in [0.3, 0.4) is 0 Å². The van der Waals surface area contributed by atoms with E-state index in [0.717, 1.165) is 30.9 Å². The standard InChI is InChI=1S/C21H21F5/c1-2-3-13-4-5-16(10-13)14-6-8-15(9-7-14)17-11-18(22)20(19(23)12-17)21(24,25)26/h6-9,11-13,16H,2-5,10H2,1H3. The van der Waals surface area contributed by atoms with E-state index in [0.29, 0.717) is 11.5 Å². The summed E-state index contributed by atoms with van der Waals surface area (Å²) in [6, 6.07) is 8.78. The molecule has 0 nitrogen and oxygen atoms in total. The van der Waals surface area contributed by atoms with Gasteiger partial charge in [-0.1, -0.05) is 44.0 Å². The Morgan fingerprint density at radius 1 is 0.923 bits per heavy atom. The molecule has 2 unspecified atom stereocenters. The summed E-state index contributed by atoms with van der Waals surface area (Å²) in [5, 5.41) is 0. The summed E-state index contributed by atoms with van der Waals surface area (Å²) in [5.41, 5.74) is -0.0517. The van der Waals surface area contributed by atoms with Crippen LogP contribution >= 0.6 is 0 Å². The summed E-state index contributed by atoms with van der Waals surface area (Å²) in [6.07, 6.45) is 0.869. The zero-order valence-electron chi connectivity index (χ0n) is 14.5. The van der Waals surface area contributed by atoms with Gasteiger partial charge in [0, 0.05) is 0 Å². The van der Waals surface area contributed by atoms with E-state index in [1.807, 2.05) is 12.1 Å². The quantitative estimate of drug-likeness (QED) is 0.496. The van der Waals surface area contributed by atoms with Crippen LogP contribution in [0.25, 0.3) is 11.1 Å². The molecule has 3 rings (SSSR count). The second-order valence-electron chi connectivity index (χ2n) is 7.10. The van der Waals surface area contributed by atoms with E-state index in [1.165, 1.54) is 24.8 Å². The predicted molar refractivity (Wildman–Crippen MR) is 91.8 cm³/mol. The van der Waals surface area contributed by atoms with Gasteiger partial charge in [-0.05, 0) is 59.9 Å². The van der Waals surface area contributed by atoms with E-state index in [1.54, 1.807) is 12.1 Å². The van der Waals surface area contributed by atoms with Gasteiger partial charge in [-0.15, -0.1) is 0 Å². The molecular weight excluding hydrogens is 347 g/mol. The van der Waals surface area contributed by atoms with E-state index in [-0.39, 0.29) is 5.56 Å². The van der Waals surface area contributed by atoms with Crippen molar-refractivity contribution in [1.82, 2.24) is 0 Å². The average molecular weight is 368 g/mol. The summed E-state index contributed by atoms with van der Waals surface area (Å²) in [6.45, 7) is 2.18. The first kappa shape index (κ1) is 18.9. The third kappa shape index (κ3) is 3.92. The maximum atomic E-state index is 13.8. The Bertz CT molecular complexity index is 738. The number of alkyl halides is 3. The maximum Gasteiger partial charge on any atom is 0.422 e. The maximum absolute atomic E-state index is 13.8. The largest absolute Gasteiger partial charge is 0.422 e. The van der Waals surface area contributed by atoms with Crippen molar-refractivity contribution in [2.45, 2.75) is 51.1 Å². The molecule has 0 heterocycles. The molecule has 1 aliphatic rings. The van der Waals surface area contributed by atoms with Gasteiger partial charge >= 0.3 is 6.18 Å². The Morgan fingerprint density at radius 2 is 1.54 bits per heavy atom. The topological polar surface area (TPSA) is 0 Å². The van der Waals surface area contributed by atoms with Crippen LogP contribution in [0, 0.1) is 17.6 Å². The molecule has 26 heavy (non-hydrogen) atoms. The van der Waals surface area contributed by atoms with Crippen LogP contribution in [0.1, 0.15) is 56.1 Å². The highest BCUT2D eigenvalue weighted by molar-refractivity contribution is 5.64. The monoisotopic (exact) mass is 368 g/mol. The number of benzene rings is 2. The molecule has 2 atom stereocenters. The third-order valence-corrected chi connectivity index (χ3v) is 5.28.